The predicted octanol–water partition coefficient (Wildman–Crippen LogP) is 3.22. The minimum Gasteiger partial charge on any atom is -0.322 e. The molecule has 176 valence electrons. The van der Waals surface area contributed by atoms with Crippen LogP contribution in [0.4, 0.5) is 5.69 Å². The van der Waals surface area contributed by atoms with Gasteiger partial charge in [-0.15, -0.1) is 0 Å². The summed E-state index contributed by atoms with van der Waals surface area (Å²) in [5.74, 6) is -0.271. The quantitative estimate of drug-likeness (QED) is 0.484. The van der Waals surface area contributed by atoms with Crippen LogP contribution in [0.25, 0.3) is 6.08 Å². The first kappa shape index (κ1) is 22.7. The SMILES string of the molecule is CC1=C(C(=O)Nc2ccccc2C)C(c2ccccc2)n2c(s/c(=C/c3cn(C)nc3C)c2=O)=N1. The number of nitrogens with zero attached hydrogens (tertiary/aromatic N) is 4. The van der Waals surface area contributed by atoms with Crippen LogP contribution < -0.4 is 20.2 Å². The molecule has 4 aromatic rings. The zero-order valence-corrected chi connectivity index (χ0v) is 20.8. The van der Waals surface area contributed by atoms with Gasteiger partial charge >= 0.3 is 0 Å². The fourth-order valence-corrected chi connectivity index (χ4v) is 5.40. The summed E-state index contributed by atoms with van der Waals surface area (Å²) in [6, 6.07) is 16.7. The smallest absolute Gasteiger partial charge is 0.271 e. The van der Waals surface area contributed by atoms with E-state index in [2.05, 4.69) is 10.4 Å². The molecule has 1 unspecified atom stereocenters. The van der Waals surface area contributed by atoms with Crippen molar-refractivity contribution in [2.24, 2.45) is 12.0 Å². The van der Waals surface area contributed by atoms with Crippen molar-refractivity contribution in [1.29, 1.82) is 0 Å². The Balaban J connectivity index is 1.68. The van der Waals surface area contributed by atoms with E-state index in [1.54, 1.807) is 9.25 Å². The Labute approximate surface area is 206 Å². The second-order valence-corrected chi connectivity index (χ2v) is 9.61. The van der Waals surface area contributed by atoms with E-state index < -0.39 is 6.04 Å². The molecule has 2 aromatic carbocycles. The van der Waals surface area contributed by atoms with Crippen molar-refractivity contribution < 1.29 is 4.79 Å². The van der Waals surface area contributed by atoms with Gasteiger partial charge in [-0.2, -0.15) is 5.10 Å². The summed E-state index contributed by atoms with van der Waals surface area (Å²) in [5, 5.41) is 7.40. The lowest BCUT2D eigenvalue weighted by Gasteiger charge is -2.25. The van der Waals surface area contributed by atoms with Gasteiger partial charge in [-0.3, -0.25) is 18.8 Å². The molecule has 1 N–H and O–H groups in total. The van der Waals surface area contributed by atoms with Gasteiger partial charge in [-0.25, -0.2) is 4.99 Å². The van der Waals surface area contributed by atoms with Crippen LogP contribution in [0, 0.1) is 13.8 Å². The third-order valence-electron chi connectivity index (χ3n) is 6.11. The molecule has 0 fully saturated rings. The van der Waals surface area contributed by atoms with Gasteiger partial charge < -0.3 is 5.32 Å². The number of allylic oxidation sites excluding steroid dienone is 1. The average Bonchev–Trinajstić information content (AvgIpc) is 3.32. The van der Waals surface area contributed by atoms with Crippen LogP contribution in [-0.4, -0.2) is 20.3 Å². The van der Waals surface area contributed by atoms with Crippen LogP contribution in [0.2, 0.25) is 0 Å². The van der Waals surface area contributed by atoms with Crippen molar-refractivity contribution in [2.45, 2.75) is 26.8 Å². The van der Waals surface area contributed by atoms with Gasteiger partial charge in [-0.05, 0) is 44.0 Å². The number of aromatic nitrogens is 3. The Bertz CT molecular complexity index is 1660. The number of rotatable bonds is 4. The Morgan fingerprint density at radius 3 is 2.46 bits per heavy atom. The zero-order chi connectivity index (χ0) is 24.7. The molecule has 8 heteroatoms. The van der Waals surface area contributed by atoms with Crippen molar-refractivity contribution >= 4 is 29.0 Å². The van der Waals surface area contributed by atoms with E-state index in [1.807, 2.05) is 94.7 Å². The maximum atomic E-state index is 13.7. The first-order valence-corrected chi connectivity index (χ1v) is 12.1. The first-order chi connectivity index (χ1) is 16.8. The standard InChI is InChI=1S/C27H25N5O2S/c1-16-10-8-9-13-21(16)29-25(33)23-18(3)28-27-32(24(23)19-11-6-5-7-12-19)26(34)22(35-27)14-20-15-31(4)30-17(20)2/h5-15,24H,1-4H3,(H,29,33)/b22-14+. The number of carbonyl (C=O) groups excluding carboxylic acids is 1. The molecule has 2 aromatic heterocycles. The molecule has 0 saturated heterocycles. The molecule has 0 aliphatic carbocycles. The van der Waals surface area contributed by atoms with E-state index in [4.69, 9.17) is 4.99 Å². The molecule has 7 nitrogen and oxygen atoms in total. The lowest BCUT2D eigenvalue weighted by atomic mass is 9.95. The fourth-order valence-electron chi connectivity index (χ4n) is 4.37. The highest BCUT2D eigenvalue weighted by molar-refractivity contribution is 7.07. The first-order valence-electron chi connectivity index (χ1n) is 11.3. The highest BCUT2D eigenvalue weighted by Gasteiger charge is 2.32. The zero-order valence-electron chi connectivity index (χ0n) is 19.9. The van der Waals surface area contributed by atoms with Gasteiger partial charge in [0.25, 0.3) is 11.5 Å². The summed E-state index contributed by atoms with van der Waals surface area (Å²) in [6.45, 7) is 5.68. The normalized spacial score (nSPS) is 15.7. The number of amides is 1. The van der Waals surface area contributed by atoms with Crippen LogP contribution in [0.5, 0.6) is 0 Å². The number of carbonyl (C=O) groups is 1. The van der Waals surface area contributed by atoms with Gasteiger partial charge in [0.1, 0.15) is 0 Å². The molecule has 35 heavy (non-hydrogen) atoms. The second kappa shape index (κ2) is 8.96. The summed E-state index contributed by atoms with van der Waals surface area (Å²) < 4.78 is 3.91. The molecule has 0 radical (unpaired) electrons. The Morgan fingerprint density at radius 1 is 1.06 bits per heavy atom. The van der Waals surface area contributed by atoms with Crippen molar-refractivity contribution in [3.05, 3.63) is 114 Å². The number of fused-ring (bicyclic) bond motifs is 1. The van der Waals surface area contributed by atoms with Crippen LogP contribution in [-0.2, 0) is 11.8 Å². The van der Waals surface area contributed by atoms with Gasteiger partial charge in [0.05, 0.1) is 27.5 Å². The summed E-state index contributed by atoms with van der Waals surface area (Å²) in [4.78, 5) is 32.6. The monoisotopic (exact) mass is 483 g/mol. The van der Waals surface area contributed by atoms with E-state index >= 15 is 0 Å². The number of benzene rings is 2. The maximum absolute atomic E-state index is 13.7. The number of nitrogens with one attached hydrogen (secondary N) is 1. The molecule has 1 aliphatic rings. The molecule has 1 atom stereocenters. The molecular weight excluding hydrogens is 458 g/mol. The molecule has 0 bridgehead atoms. The van der Waals surface area contributed by atoms with Crippen molar-refractivity contribution in [3.8, 4) is 0 Å². The fraction of sp³-hybridized carbons (Fsp3) is 0.185. The van der Waals surface area contributed by atoms with Gasteiger partial charge in [0.15, 0.2) is 4.80 Å². The minimum atomic E-state index is -0.589. The Hall–Kier alpha value is -4.04. The van der Waals surface area contributed by atoms with Gasteiger partial charge in [-0.1, -0.05) is 59.9 Å². The van der Waals surface area contributed by atoms with Crippen LogP contribution >= 0.6 is 11.3 Å². The van der Waals surface area contributed by atoms with Crippen molar-refractivity contribution in [3.63, 3.8) is 0 Å². The molecule has 0 saturated carbocycles. The molecule has 3 heterocycles. The molecule has 1 aliphatic heterocycles. The van der Waals surface area contributed by atoms with Gasteiger partial charge in [0, 0.05) is 24.5 Å². The van der Waals surface area contributed by atoms with E-state index in [0.717, 1.165) is 28.1 Å². The number of para-hydroxylation sites is 1. The predicted molar refractivity (Wildman–Crippen MR) is 138 cm³/mol. The summed E-state index contributed by atoms with van der Waals surface area (Å²) in [7, 11) is 1.85. The number of thiazole rings is 1. The Kier molecular flexibility index (Phi) is 5.82. The number of aryl methyl sites for hydroxylation is 3. The number of anilines is 1. The van der Waals surface area contributed by atoms with E-state index in [1.165, 1.54) is 11.3 Å². The highest BCUT2D eigenvalue weighted by Crippen LogP contribution is 2.31. The lowest BCUT2D eigenvalue weighted by molar-refractivity contribution is -0.113. The molecule has 0 spiro atoms. The van der Waals surface area contributed by atoms with Crippen molar-refractivity contribution in [2.75, 3.05) is 5.32 Å². The van der Waals surface area contributed by atoms with E-state index in [9.17, 15) is 9.59 Å². The van der Waals surface area contributed by atoms with Gasteiger partial charge in [0.2, 0.25) is 0 Å². The summed E-state index contributed by atoms with van der Waals surface area (Å²) in [6.07, 6.45) is 3.73. The number of hydrogen-bond donors (Lipinski definition) is 1. The van der Waals surface area contributed by atoms with Crippen molar-refractivity contribution in [1.82, 2.24) is 14.3 Å². The third kappa shape index (κ3) is 4.17. The van der Waals surface area contributed by atoms with Crippen LogP contribution in [0.3, 0.4) is 0 Å². The van der Waals surface area contributed by atoms with Crippen LogP contribution in [0.15, 0.2) is 81.9 Å². The Morgan fingerprint density at radius 2 is 1.77 bits per heavy atom. The largest absolute Gasteiger partial charge is 0.322 e. The van der Waals surface area contributed by atoms with E-state index in [0.29, 0.717) is 20.6 Å². The maximum Gasteiger partial charge on any atom is 0.271 e. The molecular formula is C27H25N5O2S. The molecule has 1 amide bonds. The van der Waals surface area contributed by atoms with E-state index in [-0.39, 0.29) is 11.5 Å². The second-order valence-electron chi connectivity index (χ2n) is 8.61. The minimum absolute atomic E-state index is 0.181. The highest BCUT2D eigenvalue weighted by atomic mass is 32.1. The lowest BCUT2D eigenvalue weighted by Crippen LogP contribution is -2.40. The topological polar surface area (TPSA) is 81.3 Å². The molecule has 5 rings (SSSR count). The summed E-state index contributed by atoms with van der Waals surface area (Å²) in [5.41, 5.74) is 5.12. The average molecular weight is 484 g/mol. The van der Waals surface area contributed by atoms with Crippen LogP contribution in [0.1, 0.15) is 35.3 Å². The summed E-state index contributed by atoms with van der Waals surface area (Å²) >= 11 is 1.32. The number of hydrogen-bond acceptors (Lipinski definition) is 5. The third-order valence-corrected chi connectivity index (χ3v) is 7.10.